The molecule has 0 amide bonds. The van der Waals surface area contributed by atoms with E-state index in [1.807, 2.05) is 12.2 Å². The number of carbonyl (C=O) groups excluding carboxylic acids is 3. The summed E-state index contributed by atoms with van der Waals surface area (Å²) in [7, 11) is 0. The molecule has 0 spiro atoms. The zero-order valence-electron chi connectivity index (χ0n) is 18.0. The van der Waals surface area contributed by atoms with Gasteiger partial charge in [0.2, 0.25) is 0 Å². The van der Waals surface area contributed by atoms with Crippen molar-refractivity contribution in [1.29, 1.82) is 0 Å². The lowest BCUT2D eigenvalue weighted by molar-refractivity contribution is -0.145. The minimum atomic E-state index is -0.433. The highest BCUT2D eigenvalue weighted by Gasteiger charge is 2.53. The number of Topliss-reactive ketones (excluding diaryl/α,β-unsaturated/α-hetero) is 1. The van der Waals surface area contributed by atoms with E-state index in [0.29, 0.717) is 17.6 Å². The SMILES string of the molecule is CC(=O)OCC(=O)C1=CCC2C3CC=C4C=C(OC(C)=O)C=C[C@]4(C)C3=CC[C@]12C. The largest absolute Gasteiger partial charge is 0.457 e. The molecule has 0 aromatic carbocycles. The van der Waals surface area contributed by atoms with Gasteiger partial charge in [0.05, 0.1) is 0 Å². The van der Waals surface area contributed by atoms with E-state index in [4.69, 9.17) is 9.47 Å². The minimum Gasteiger partial charge on any atom is -0.457 e. The Balaban J connectivity index is 1.60. The van der Waals surface area contributed by atoms with Crippen molar-refractivity contribution in [2.24, 2.45) is 22.7 Å². The normalized spacial score (nSPS) is 33.7. The van der Waals surface area contributed by atoms with Gasteiger partial charge in [0.25, 0.3) is 0 Å². The second kappa shape index (κ2) is 7.22. The Hall–Kier alpha value is -2.69. The van der Waals surface area contributed by atoms with Crippen molar-refractivity contribution in [2.45, 2.75) is 47.0 Å². The molecule has 5 heteroatoms. The van der Waals surface area contributed by atoms with Gasteiger partial charge in [-0.2, -0.15) is 0 Å². The van der Waals surface area contributed by atoms with Gasteiger partial charge in [-0.25, -0.2) is 0 Å². The summed E-state index contributed by atoms with van der Waals surface area (Å²) in [4.78, 5) is 35.2. The van der Waals surface area contributed by atoms with Gasteiger partial charge in [-0.15, -0.1) is 0 Å². The fraction of sp³-hybridized carbons (Fsp3) is 0.480. The summed E-state index contributed by atoms with van der Waals surface area (Å²) in [6, 6.07) is 0. The summed E-state index contributed by atoms with van der Waals surface area (Å²) in [6.07, 6.45) is 15.1. The lowest BCUT2D eigenvalue weighted by Crippen LogP contribution is -2.42. The van der Waals surface area contributed by atoms with Crippen LogP contribution in [0.15, 0.2) is 58.9 Å². The van der Waals surface area contributed by atoms with Crippen molar-refractivity contribution >= 4 is 17.7 Å². The Kier molecular flexibility index (Phi) is 4.95. The second-order valence-electron chi connectivity index (χ2n) is 9.12. The summed E-state index contributed by atoms with van der Waals surface area (Å²) in [6.45, 7) is 6.94. The Morgan fingerprint density at radius 3 is 2.53 bits per heavy atom. The summed E-state index contributed by atoms with van der Waals surface area (Å²) in [5, 5.41) is 0. The Bertz CT molecular complexity index is 975. The predicted octanol–water partition coefficient (Wildman–Crippen LogP) is 4.37. The van der Waals surface area contributed by atoms with Crippen molar-refractivity contribution in [3.63, 3.8) is 0 Å². The van der Waals surface area contributed by atoms with Crippen LogP contribution in [0.25, 0.3) is 0 Å². The van der Waals surface area contributed by atoms with Crippen LogP contribution in [0.1, 0.15) is 47.0 Å². The number of ketones is 1. The molecule has 4 rings (SSSR count). The highest BCUT2D eigenvalue weighted by Crippen LogP contribution is 2.61. The summed E-state index contributed by atoms with van der Waals surface area (Å²) < 4.78 is 10.2. The molecular formula is C25H28O5. The smallest absolute Gasteiger partial charge is 0.308 e. The molecule has 4 aliphatic carbocycles. The molecule has 0 N–H and O–H groups in total. The fourth-order valence-corrected chi connectivity index (χ4v) is 5.78. The quantitative estimate of drug-likeness (QED) is 0.510. The van der Waals surface area contributed by atoms with E-state index in [2.05, 4.69) is 38.2 Å². The molecule has 0 radical (unpaired) electrons. The molecule has 30 heavy (non-hydrogen) atoms. The van der Waals surface area contributed by atoms with E-state index in [1.54, 1.807) is 0 Å². The molecule has 2 unspecified atom stereocenters. The zero-order chi connectivity index (χ0) is 21.7. The molecule has 5 nitrogen and oxygen atoms in total. The van der Waals surface area contributed by atoms with Crippen molar-refractivity contribution in [1.82, 2.24) is 0 Å². The Morgan fingerprint density at radius 1 is 1.07 bits per heavy atom. The Morgan fingerprint density at radius 2 is 1.83 bits per heavy atom. The average molecular weight is 408 g/mol. The standard InChI is InChI=1S/C25H28O5/c1-15(26)29-14-23(28)22-8-7-20-19-6-5-17-13-18(30-16(2)27)9-11-24(17,3)21(19)10-12-25(20,22)4/h5,8-11,13,19-20H,6-7,12,14H2,1-4H3/t19?,20?,24-,25-/m0/s1. The molecule has 0 aromatic rings. The topological polar surface area (TPSA) is 69.7 Å². The zero-order valence-corrected chi connectivity index (χ0v) is 18.0. The van der Waals surface area contributed by atoms with E-state index in [-0.39, 0.29) is 29.2 Å². The van der Waals surface area contributed by atoms with Gasteiger partial charge in [-0.05, 0) is 55.7 Å². The number of fused-ring (bicyclic) bond motifs is 5. The molecule has 0 heterocycles. The van der Waals surface area contributed by atoms with Crippen LogP contribution >= 0.6 is 0 Å². The predicted molar refractivity (Wildman–Crippen MR) is 112 cm³/mol. The first-order chi connectivity index (χ1) is 14.1. The third kappa shape index (κ3) is 3.21. The van der Waals surface area contributed by atoms with Gasteiger partial charge in [-0.1, -0.05) is 36.8 Å². The molecular weight excluding hydrogens is 380 g/mol. The van der Waals surface area contributed by atoms with Crippen LogP contribution in [0.2, 0.25) is 0 Å². The fourth-order valence-electron chi connectivity index (χ4n) is 5.78. The average Bonchev–Trinajstić information content (AvgIpc) is 3.03. The minimum absolute atomic E-state index is 0.0863. The first-order valence-corrected chi connectivity index (χ1v) is 10.5. The van der Waals surface area contributed by atoms with Crippen molar-refractivity contribution in [3.8, 4) is 0 Å². The second-order valence-corrected chi connectivity index (χ2v) is 9.12. The van der Waals surface area contributed by atoms with Gasteiger partial charge in [0, 0.05) is 30.3 Å². The van der Waals surface area contributed by atoms with Crippen molar-refractivity contribution < 1.29 is 23.9 Å². The lowest BCUT2D eigenvalue weighted by Gasteiger charge is -2.50. The molecule has 0 aliphatic heterocycles. The number of hydrogen-bond acceptors (Lipinski definition) is 5. The summed E-state index contributed by atoms with van der Waals surface area (Å²) >= 11 is 0. The van der Waals surface area contributed by atoms with Gasteiger partial charge in [0.1, 0.15) is 5.76 Å². The number of rotatable bonds is 4. The van der Waals surface area contributed by atoms with Crippen LogP contribution in [-0.2, 0) is 23.9 Å². The molecule has 0 bridgehead atoms. The van der Waals surface area contributed by atoms with Gasteiger partial charge in [0.15, 0.2) is 12.4 Å². The number of carbonyl (C=O) groups is 3. The maximum absolute atomic E-state index is 12.7. The first-order valence-electron chi connectivity index (χ1n) is 10.5. The van der Waals surface area contributed by atoms with E-state index in [1.165, 1.54) is 19.4 Å². The van der Waals surface area contributed by atoms with Gasteiger partial charge in [-0.3, -0.25) is 14.4 Å². The van der Waals surface area contributed by atoms with Gasteiger partial charge < -0.3 is 9.47 Å². The highest BCUT2D eigenvalue weighted by molar-refractivity contribution is 5.99. The van der Waals surface area contributed by atoms with Crippen LogP contribution in [0.4, 0.5) is 0 Å². The highest BCUT2D eigenvalue weighted by atomic mass is 16.5. The third-order valence-electron chi connectivity index (χ3n) is 7.28. The summed E-state index contributed by atoms with van der Waals surface area (Å²) in [5.41, 5.74) is 2.89. The van der Waals surface area contributed by atoms with Crippen LogP contribution in [0, 0.1) is 22.7 Å². The van der Waals surface area contributed by atoms with Gasteiger partial charge >= 0.3 is 11.9 Å². The van der Waals surface area contributed by atoms with E-state index < -0.39 is 5.97 Å². The molecule has 4 aliphatic rings. The monoisotopic (exact) mass is 408 g/mol. The third-order valence-corrected chi connectivity index (χ3v) is 7.28. The van der Waals surface area contributed by atoms with Crippen LogP contribution in [0.5, 0.6) is 0 Å². The first kappa shape index (κ1) is 20.6. The number of hydrogen-bond donors (Lipinski definition) is 0. The number of ether oxygens (including phenoxy) is 2. The molecule has 0 aromatic heterocycles. The molecule has 0 saturated heterocycles. The van der Waals surface area contributed by atoms with Crippen LogP contribution in [-0.4, -0.2) is 24.3 Å². The molecule has 158 valence electrons. The maximum atomic E-state index is 12.7. The number of esters is 2. The molecule has 4 atom stereocenters. The Labute approximate surface area is 177 Å². The molecule has 0 saturated carbocycles. The van der Waals surface area contributed by atoms with Crippen molar-refractivity contribution in [3.05, 3.63) is 58.9 Å². The van der Waals surface area contributed by atoms with Crippen LogP contribution < -0.4 is 0 Å². The van der Waals surface area contributed by atoms with Crippen molar-refractivity contribution in [2.75, 3.05) is 6.61 Å². The molecule has 0 fully saturated rings. The van der Waals surface area contributed by atoms with E-state index in [9.17, 15) is 14.4 Å². The number of allylic oxidation sites excluding steroid dienone is 8. The van der Waals surface area contributed by atoms with E-state index in [0.717, 1.165) is 30.4 Å². The van der Waals surface area contributed by atoms with E-state index >= 15 is 0 Å². The van der Waals surface area contributed by atoms with Crippen LogP contribution in [0.3, 0.4) is 0 Å². The maximum Gasteiger partial charge on any atom is 0.308 e. The lowest BCUT2D eigenvalue weighted by atomic mass is 9.53. The summed E-state index contributed by atoms with van der Waals surface area (Å²) in [5.74, 6) is 0.428.